The lowest BCUT2D eigenvalue weighted by Crippen LogP contribution is -1.96. The van der Waals surface area contributed by atoms with Gasteiger partial charge in [-0.05, 0) is 30.4 Å². The Bertz CT molecular complexity index is 471. The number of hydrogen-bond donors (Lipinski definition) is 1. The number of halogens is 1. The first kappa shape index (κ1) is 12.0. The molecule has 1 heterocycles. The van der Waals surface area contributed by atoms with Crippen LogP contribution in [-0.4, -0.2) is 15.3 Å². The molecule has 2 N–H and O–H groups in total. The van der Waals surface area contributed by atoms with Gasteiger partial charge in [-0.15, -0.1) is 11.8 Å². The highest BCUT2D eigenvalue weighted by atomic mass is 32.2. The average molecular weight is 251 g/mol. The van der Waals surface area contributed by atoms with E-state index < -0.39 is 0 Å². The second kappa shape index (κ2) is 5.72. The van der Waals surface area contributed by atoms with Crippen molar-refractivity contribution >= 4 is 17.4 Å². The van der Waals surface area contributed by atoms with Crippen LogP contribution in [0.3, 0.4) is 0 Å². The lowest BCUT2D eigenvalue weighted by atomic mass is 10.3. The summed E-state index contributed by atoms with van der Waals surface area (Å²) >= 11 is 1.58. The van der Waals surface area contributed by atoms with Gasteiger partial charge in [-0.1, -0.05) is 0 Å². The van der Waals surface area contributed by atoms with Gasteiger partial charge in [0.05, 0.1) is 6.33 Å². The SMILES string of the molecule is Nc1ccc(F)cc1SCCCn1ccnc1. The second-order valence-electron chi connectivity index (χ2n) is 3.68. The highest BCUT2D eigenvalue weighted by Gasteiger charge is 2.01. The van der Waals surface area contributed by atoms with Crippen LogP contribution in [0.1, 0.15) is 6.42 Å². The summed E-state index contributed by atoms with van der Waals surface area (Å²) in [5.74, 6) is 0.669. The first-order valence-corrected chi connectivity index (χ1v) is 6.38. The molecule has 1 aromatic heterocycles. The summed E-state index contributed by atoms with van der Waals surface area (Å²) in [6, 6.07) is 4.47. The zero-order valence-corrected chi connectivity index (χ0v) is 10.2. The van der Waals surface area contributed by atoms with E-state index in [0.29, 0.717) is 5.69 Å². The van der Waals surface area contributed by atoms with Crippen molar-refractivity contribution in [3.8, 4) is 0 Å². The van der Waals surface area contributed by atoms with Crippen molar-refractivity contribution in [2.45, 2.75) is 17.9 Å². The average Bonchev–Trinajstić information content (AvgIpc) is 2.82. The fourth-order valence-corrected chi connectivity index (χ4v) is 2.41. The molecule has 0 saturated heterocycles. The van der Waals surface area contributed by atoms with Gasteiger partial charge in [0, 0.05) is 29.5 Å². The normalized spacial score (nSPS) is 10.6. The zero-order valence-electron chi connectivity index (χ0n) is 9.34. The van der Waals surface area contributed by atoms with Gasteiger partial charge in [0.2, 0.25) is 0 Å². The molecule has 2 rings (SSSR count). The summed E-state index contributed by atoms with van der Waals surface area (Å²) in [6.07, 6.45) is 6.48. The Morgan fingerprint density at radius 2 is 2.29 bits per heavy atom. The Labute approximate surface area is 104 Å². The van der Waals surface area contributed by atoms with Crippen LogP contribution in [0.2, 0.25) is 0 Å². The standard InChI is InChI=1S/C12H14FN3S/c13-10-2-3-11(14)12(8-10)17-7-1-5-16-6-4-15-9-16/h2-4,6,8-9H,1,5,7,14H2. The molecule has 0 atom stereocenters. The van der Waals surface area contributed by atoms with Gasteiger partial charge in [-0.3, -0.25) is 0 Å². The van der Waals surface area contributed by atoms with E-state index in [9.17, 15) is 4.39 Å². The number of nitrogen functional groups attached to an aromatic ring is 1. The van der Waals surface area contributed by atoms with Crippen molar-refractivity contribution in [2.75, 3.05) is 11.5 Å². The number of rotatable bonds is 5. The number of hydrogen-bond acceptors (Lipinski definition) is 3. The van der Waals surface area contributed by atoms with Gasteiger partial charge in [0.25, 0.3) is 0 Å². The van der Waals surface area contributed by atoms with Gasteiger partial charge >= 0.3 is 0 Å². The number of nitrogens with two attached hydrogens (primary N) is 1. The lowest BCUT2D eigenvalue weighted by molar-refractivity contribution is 0.624. The van der Waals surface area contributed by atoms with Crippen LogP contribution < -0.4 is 5.73 Å². The highest BCUT2D eigenvalue weighted by Crippen LogP contribution is 2.26. The first-order valence-electron chi connectivity index (χ1n) is 5.39. The third-order valence-corrected chi connectivity index (χ3v) is 3.51. The predicted octanol–water partition coefficient (Wildman–Crippen LogP) is 2.79. The smallest absolute Gasteiger partial charge is 0.124 e. The molecule has 1 aromatic carbocycles. The number of nitrogens with zero attached hydrogens (tertiary/aromatic N) is 2. The fourth-order valence-electron chi connectivity index (χ4n) is 1.48. The number of anilines is 1. The molecule has 2 aromatic rings. The summed E-state index contributed by atoms with van der Waals surface area (Å²) in [7, 11) is 0. The van der Waals surface area contributed by atoms with E-state index in [4.69, 9.17) is 5.73 Å². The Balaban J connectivity index is 1.80. The Hall–Kier alpha value is -1.49. The molecule has 0 aliphatic heterocycles. The van der Waals surface area contributed by atoms with Gasteiger partial charge in [0.1, 0.15) is 5.82 Å². The fraction of sp³-hybridized carbons (Fsp3) is 0.250. The zero-order chi connectivity index (χ0) is 12.1. The maximum absolute atomic E-state index is 13.0. The maximum Gasteiger partial charge on any atom is 0.124 e. The minimum Gasteiger partial charge on any atom is -0.398 e. The lowest BCUT2D eigenvalue weighted by Gasteiger charge is -2.05. The van der Waals surface area contributed by atoms with Crippen LogP contribution in [0.15, 0.2) is 41.8 Å². The monoisotopic (exact) mass is 251 g/mol. The van der Waals surface area contributed by atoms with Crippen molar-refractivity contribution in [2.24, 2.45) is 0 Å². The quantitative estimate of drug-likeness (QED) is 0.505. The van der Waals surface area contributed by atoms with E-state index >= 15 is 0 Å². The molecule has 0 aliphatic carbocycles. The van der Waals surface area contributed by atoms with E-state index in [-0.39, 0.29) is 5.82 Å². The molecule has 0 bridgehead atoms. The van der Waals surface area contributed by atoms with Gasteiger partial charge < -0.3 is 10.3 Å². The predicted molar refractivity (Wildman–Crippen MR) is 68.4 cm³/mol. The van der Waals surface area contributed by atoms with Gasteiger partial charge in [-0.25, -0.2) is 9.37 Å². The van der Waals surface area contributed by atoms with Crippen LogP contribution >= 0.6 is 11.8 Å². The number of thioether (sulfide) groups is 1. The summed E-state index contributed by atoms with van der Waals surface area (Å²) in [6.45, 7) is 0.919. The molecular weight excluding hydrogens is 237 g/mol. The Morgan fingerprint density at radius 3 is 3.06 bits per heavy atom. The molecule has 0 saturated carbocycles. The number of benzene rings is 1. The molecule has 0 amide bonds. The van der Waals surface area contributed by atoms with E-state index in [2.05, 4.69) is 4.98 Å². The molecule has 0 radical (unpaired) electrons. The van der Waals surface area contributed by atoms with E-state index in [1.165, 1.54) is 12.1 Å². The third-order valence-electron chi connectivity index (χ3n) is 2.35. The van der Waals surface area contributed by atoms with Crippen LogP contribution in [0, 0.1) is 5.82 Å². The van der Waals surface area contributed by atoms with Crippen molar-refractivity contribution in [3.63, 3.8) is 0 Å². The minimum atomic E-state index is -0.240. The largest absolute Gasteiger partial charge is 0.398 e. The first-order chi connectivity index (χ1) is 8.25. The number of imidazole rings is 1. The van der Waals surface area contributed by atoms with E-state index in [0.717, 1.165) is 23.6 Å². The Kier molecular flexibility index (Phi) is 4.03. The minimum absolute atomic E-state index is 0.240. The molecule has 0 aliphatic rings. The topological polar surface area (TPSA) is 43.8 Å². The molecule has 0 fully saturated rings. The second-order valence-corrected chi connectivity index (χ2v) is 4.82. The highest BCUT2D eigenvalue weighted by molar-refractivity contribution is 7.99. The molecule has 17 heavy (non-hydrogen) atoms. The van der Waals surface area contributed by atoms with E-state index in [1.54, 1.807) is 30.4 Å². The Morgan fingerprint density at radius 1 is 1.41 bits per heavy atom. The van der Waals surface area contributed by atoms with Crippen molar-refractivity contribution in [1.82, 2.24) is 9.55 Å². The van der Waals surface area contributed by atoms with Crippen LogP contribution in [0.25, 0.3) is 0 Å². The van der Waals surface area contributed by atoms with Crippen molar-refractivity contribution < 1.29 is 4.39 Å². The van der Waals surface area contributed by atoms with Crippen molar-refractivity contribution in [1.29, 1.82) is 0 Å². The summed E-state index contributed by atoms with van der Waals surface area (Å²) in [5, 5.41) is 0. The van der Waals surface area contributed by atoms with E-state index in [1.807, 2.05) is 10.8 Å². The summed E-state index contributed by atoms with van der Waals surface area (Å²) < 4.78 is 15.0. The summed E-state index contributed by atoms with van der Waals surface area (Å²) in [4.78, 5) is 4.79. The number of aromatic nitrogens is 2. The molecule has 90 valence electrons. The van der Waals surface area contributed by atoms with Crippen LogP contribution in [-0.2, 0) is 6.54 Å². The van der Waals surface area contributed by atoms with Crippen LogP contribution in [0.5, 0.6) is 0 Å². The van der Waals surface area contributed by atoms with Gasteiger partial charge in [0.15, 0.2) is 0 Å². The molecule has 0 spiro atoms. The third kappa shape index (κ3) is 3.49. The van der Waals surface area contributed by atoms with Gasteiger partial charge in [-0.2, -0.15) is 0 Å². The number of aryl methyl sites for hydroxylation is 1. The molecule has 0 unspecified atom stereocenters. The van der Waals surface area contributed by atoms with Crippen LogP contribution in [0.4, 0.5) is 10.1 Å². The summed E-state index contributed by atoms with van der Waals surface area (Å²) in [5.41, 5.74) is 6.40. The molecule has 3 nitrogen and oxygen atoms in total. The molecular formula is C12H14FN3S. The van der Waals surface area contributed by atoms with Crippen molar-refractivity contribution in [3.05, 3.63) is 42.7 Å². The molecule has 5 heteroatoms. The maximum atomic E-state index is 13.0.